The molecule has 13 heteroatoms. The van der Waals surface area contributed by atoms with Crippen molar-refractivity contribution < 1.29 is 18.9 Å². The van der Waals surface area contributed by atoms with Gasteiger partial charge in [-0.15, -0.1) is 0 Å². The predicted molar refractivity (Wildman–Crippen MR) is 126 cm³/mol. The van der Waals surface area contributed by atoms with E-state index in [0.717, 1.165) is 6.07 Å². The average molecular weight is 500 g/mol. The summed E-state index contributed by atoms with van der Waals surface area (Å²) in [5, 5.41) is 16.0. The highest BCUT2D eigenvalue weighted by molar-refractivity contribution is 7.98. The molecular weight excluding hydrogens is 481 g/mol. The number of nitrogens with zero attached hydrogens (tertiary/aromatic N) is 1. The van der Waals surface area contributed by atoms with E-state index < -0.39 is 34.3 Å². The van der Waals surface area contributed by atoms with Crippen LogP contribution in [-0.4, -0.2) is 39.9 Å². The molecule has 32 heavy (non-hydrogen) atoms. The van der Waals surface area contributed by atoms with Crippen molar-refractivity contribution in [1.29, 1.82) is 0 Å². The molecule has 0 heterocycles. The highest BCUT2D eigenvalue weighted by atomic mass is 35.5. The number of rotatable bonds is 8. The number of amides is 2. The Balaban J connectivity index is 2.02. The number of halogens is 2. The second kappa shape index (κ2) is 12.2. The summed E-state index contributed by atoms with van der Waals surface area (Å²) >= 11 is 12.3. The number of nitro benzene ring substituents is 1. The number of nitrogens with one attached hydrogen (secondary N) is 4. The van der Waals surface area contributed by atoms with Gasteiger partial charge in [0, 0.05) is 11.6 Å². The molecule has 2 aromatic carbocycles. The second-order valence-electron chi connectivity index (χ2n) is 6.28. The first kappa shape index (κ1) is 25.3. The second-order valence-corrected chi connectivity index (χ2v) is 8.08. The maximum Gasteiger partial charge on any atom is 0.288 e. The zero-order chi connectivity index (χ0) is 23.7. The smallest absolute Gasteiger partial charge is 0.288 e. The van der Waals surface area contributed by atoms with Crippen LogP contribution in [0.4, 0.5) is 15.8 Å². The molecule has 9 nitrogen and oxygen atoms in total. The Bertz CT molecular complexity index is 1030. The predicted octanol–water partition coefficient (Wildman–Crippen LogP) is 3.26. The van der Waals surface area contributed by atoms with Crippen molar-refractivity contribution in [3.05, 3.63) is 69.0 Å². The maximum atomic E-state index is 13.7. The van der Waals surface area contributed by atoms with Crippen LogP contribution >= 0.6 is 35.6 Å². The van der Waals surface area contributed by atoms with E-state index in [0.29, 0.717) is 5.75 Å². The Morgan fingerprint density at radius 1 is 1.25 bits per heavy atom. The molecule has 2 rings (SSSR count). The Hall–Kier alpha value is -2.96. The molecule has 170 valence electrons. The van der Waals surface area contributed by atoms with E-state index in [1.807, 2.05) is 6.26 Å². The van der Waals surface area contributed by atoms with Gasteiger partial charge in [0.15, 0.2) is 5.11 Å². The molecule has 4 N–H and O–H groups in total. The quantitative estimate of drug-likeness (QED) is 0.248. The van der Waals surface area contributed by atoms with Gasteiger partial charge in [0.05, 0.1) is 10.6 Å². The van der Waals surface area contributed by atoms with Crippen molar-refractivity contribution >= 4 is 63.9 Å². The average Bonchev–Trinajstić information content (AvgIpc) is 2.76. The summed E-state index contributed by atoms with van der Waals surface area (Å²) in [5.74, 6) is -1.26. The fourth-order valence-corrected chi connectivity index (χ4v) is 3.28. The van der Waals surface area contributed by atoms with Crippen LogP contribution in [0.5, 0.6) is 0 Å². The van der Waals surface area contributed by atoms with Crippen molar-refractivity contribution in [2.75, 3.05) is 17.3 Å². The molecule has 1 atom stereocenters. The minimum Gasteiger partial charge on any atom is -0.340 e. The van der Waals surface area contributed by atoms with E-state index in [1.54, 1.807) is 6.07 Å². The Labute approximate surface area is 197 Å². The first-order valence-electron chi connectivity index (χ1n) is 9.08. The van der Waals surface area contributed by atoms with Gasteiger partial charge in [-0.3, -0.25) is 30.6 Å². The minimum atomic E-state index is -0.964. The number of thioether (sulfide) groups is 1. The number of thiocarbonyl (C=S) groups is 1. The van der Waals surface area contributed by atoms with Crippen LogP contribution in [0.15, 0.2) is 42.5 Å². The van der Waals surface area contributed by atoms with Crippen molar-refractivity contribution in [3.8, 4) is 0 Å². The lowest BCUT2D eigenvalue weighted by Gasteiger charge is -2.19. The molecule has 0 aliphatic carbocycles. The molecule has 0 spiro atoms. The Kier molecular flexibility index (Phi) is 9.62. The highest BCUT2D eigenvalue weighted by Crippen LogP contribution is 2.25. The number of benzene rings is 2. The van der Waals surface area contributed by atoms with Crippen LogP contribution in [0.3, 0.4) is 0 Å². The highest BCUT2D eigenvalue weighted by Gasteiger charge is 2.23. The summed E-state index contributed by atoms with van der Waals surface area (Å²) in [4.78, 5) is 35.5. The molecule has 2 amide bonds. The van der Waals surface area contributed by atoms with Crippen LogP contribution in [-0.2, 0) is 4.79 Å². The van der Waals surface area contributed by atoms with Crippen LogP contribution in [0, 0.1) is 15.9 Å². The SMILES string of the molecule is CSCCC(NC(=O)c1ccc(Cl)c([N+](=O)[O-])c1)C(=O)NNC(=S)Nc1ccccc1F. The van der Waals surface area contributed by atoms with E-state index in [4.69, 9.17) is 23.8 Å². The van der Waals surface area contributed by atoms with E-state index in [9.17, 15) is 24.1 Å². The van der Waals surface area contributed by atoms with Gasteiger partial charge in [-0.2, -0.15) is 11.8 Å². The number of nitro groups is 1. The number of hydrogen-bond acceptors (Lipinski definition) is 6. The molecule has 1 unspecified atom stereocenters. The third-order valence-corrected chi connectivity index (χ3v) is 5.23. The molecule has 0 aliphatic rings. The summed E-state index contributed by atoms with van der Waals surface area (Å²) < 4.78 is 13.7. The van der Waals surface area contributed by atoms with Gasteiger partial charge in [-0.1, -0.05) is 23.7 Å². The third-order valence-electron chi connectivity index (χ3n) is 4.06. The van der Waals surface area contributed by atoms with Gasteiger partial charge in [0.25, 0.3) is 17.5 Å². The lowest BCUT2D eigenvalue weighted by atomic mass is 10.1. The van der Waals surface area contributed by atoms with Gasteiger partial charge in [-0.25, -0.2) is 4.39 Å². The lowest BCUT2D eigenvalue weighted by Crippen LogP contribution is -2.53. The fourth-order valence-electron chi connectivity index (χ4n) is 2.46. The summed E-state index contributed by atoms with van der Waals surface area (Å²) in [6.07, 6.45) is 2.12. The Morgan fingerprint density at radius 3 is 2.62 bits per heavy atom. The number of hydrogen-bond donors (Lipinski definition) is 4. The first-order chi connectivity index (χ1) is 15.2. The summed E-state index contributed by atoms with van der Waals surface area (Å²) in [6, 6.07) is 8.48. The van der Waals surface area contributed by atoms with Gasteiger partial charge in [0.2, 0.25) is 0 Å². The molecule has 0 aromatic heterocycles. The maximum absolute atomic E-state index is 13.7. The largest absolute Gasteiger partial charge is 0.340 e. The number of para-hydroxylation sites is 1. The number of hydrazine groups is 1. The fraction of sp³-hybridized carbons (Fsp3) is 0.211. The number of carbonyl (C=O) groups excluding carboxylic acids is 2. The molecule has 0 saturated carbocycles. The monoisotopic (exact) mass is 499 g/mol. The standard InChI is InChI=1S/C19H19ClFN5O4S2/c1-32-9-8-15(22-17(27)11-6-7-12(20)16(10-11)26(29)30)18(28)24-25-19(31)23-14-5-3-2-4-13(14)21/h2-7,10,15H,8-9H2,1H3,(H,22,27)(H,24,28)(H2,23,25,31). The molecule has 0 fully saturated rings. The normalized spacial score (nSPS) is 11.2. The lowest BCUT2D eigenvalue weighted by molar-refractivity contribution is -0.384. The molecule has 0 saturated heterocycles. The van der Waals surface area contributed by atoms with Crippen molar-refractivity contribution in [3.63, 3.8) is 0 Å². The summed E-state index contributed by atoms with van der Waals surface area (Å²) in [6.45, 7) is 0. The van der Waals surface area contributed by atoms with Crippen LogP contribution in [0.2, 0.25) is 5.02 Å². The third kappa shape index (κ3) is 7.32. The zero-order valence-corrected chi connectivity index (χ0v) is 19.1. The van der Waals surface area contributed by atoms with E-state index in [1.165, 1.54) is 42.1 Å². The molecule has 0 aliphatic heterocycles. The first-order valence-corrected chi connectivity index (χ1v) is 11.3. The molecule has 0 bridgehead atoms. The van der Waals surface area contributed by atoms with E-state index in [-0.39, 0.29) is 27.8 Å². The van der Waals surface area contributed by atoms with Gasteiger partial charge >= 0.3 is 0 Å². The van der Waals surface area contributed by atoms with Crippen LogP contribution in [0.25, 0.3) is 0 Å². The van der Waals surface area contributed by atoms with Crippen LogP contribution in [0.1, 0.15) is 16.8 Å². The van der Waals surface area contributed by atoms with Crippen LogP contribution < -0.4 is 21.5 Å². The number of anilines is 1. The van der Waals surface area contributed by atoms with Gasteiger partial charge < -0.3 is 10.6 Å². The van der Waals surface area contributed by atoms with E-state index in [2.05, 4.69) is 21.5 Å². The zero-order valence-electron chi connectivity index (χ0n) is 16.7. The van der Waals surface area contributed by atoms with Crippen molar-refractivity contribution in [2.45, 2.75) is 12.5 Å². The van der Waals surface area contributed by atoms with E-state index >= 15 is 0 Å². The topological polar surface area (TPSA) is 125 Å². The number of carbonyl (C=O) groups is 2. The Morgan fingerprint density at radius 2 is 1.97 bits per heavy atom. The summed E-state index contributed by atoms with van der Waals surface area (Å²) in [5.41, 5.74) is 4.49. The van der Waals surface area contributed by atoms with Gasteiger partial charge in [0.1, 0.15) is 16.9 Å². The van der Waals surface area contributed by atoms with Gasteiger partial charge in [-0.05, 0) is 54.9 Å². The summed E-state index contributed by atoms with van der Waals surface area (Å²) in [7, 11) is 0. The molecular formula is C19H19ClFN5O4S2. The molecule has 0 radical (unpaired) electrons. The van der Waals surface area contributed by atoms with Crippen molar-refractivity contribution in [2.24, 2.45) is 0 Å². The molecule has 2 aromatic rings. The minimum absolute atomic E-state index is 0.0206. The van der Waals surface area contributed by atoms with Crippen molar-refractivity contribution in [1.82, 2.24) is 16.2 Å².